The first-order chi connectivity index (χ1) is 10.2. The van der Waals surface area contributed by atoms with Crippen molar-refractivity contribution in [2.45, 2.75) is 37.8 Å². The first-order valence-corrected chi connectivity index (χ1v) is 8.06. The highest BCUT2D eigenvalue weighted by Crippen LogP contribution is 2.34. The van der Waals surface area contributed by atoms with E-state index in [1.54, 1.807) is 6.92 Å². The molecule has 1 atom stereocenters. The van der Waals surface area contributed by atoms with E-state index in [2.05, 4.69) is 5.32 Å². The van der Waals surface area contributed by atoms with Crippen LogP contribution in [0.1, 0.15) is 27.7 Å². The van der Waals surface area contributed by atoms with Crippen molar-refractivity contribution in [1.82, 2.24) is 0 Å². The molecule has 1 rings (SSSR count). The summed E-state index contributed by atoms with van der Waals surface area (Å²) in [5.74, 6) is -1.12. The largest absolute Gasteiger partial charge is 0.465 e. The van der Waals surface area contributed by atoms with Crippen molar-refractivity contribution in [3.63, 3.8) is 0 Å². The van der Waals surface area contributed by atoms with Crippen LogP contribution in [0, 0.1) is 11.7 Å². The zero-order valence-corrected chi connectivity index (χ0v) is 14.5. The van der Waals surface area contributed by atoms with E-state index in [0.29, 0.717) is 11.5 Å². The van der Waals surface area contributed by atoms with Crippen molar-refractivity contribution < 1.29 is 18.7 Å². The van der Waals surface area contributed by atoms with Gasteiger partial charge in [-0.1, -0.05) is 25.4 Å². The van der Waals surface area contributed by atoms with Gasteiger partial charge in [0.05, 0.1) is 17.3 Å². The molecular formula is C15H19ClFNO3S. The van der Waals surface area contributed by atoms with Gasteiger partial charge in [-0.25, -0.2) is 4.39 Å². The summed E-state index contributed by atoms with van der Waals surface area (Å²) >= 11 is 7.14. The van der Waals surface area contributed by atoms with Crippen LogP contribution < -0.4 is 5.32 Å². The van der Waals surface area contributed by atoms with Crippen LogP contribution in [0.15, 0.2) is 17.0 Å². The van der Waals surface area contributed by atoms with Crippen LogP contribution in [0.4, 0.5) is 10.1 Å². The molecule has 0 saturated heterocycles. The van der Waals surface area contributed by atoms with Crippen LogP contribution in [0.5, 0.6) is 0 Å². The van der Waals surface area contributed by atoms with Crippen LogP contribution in [-0.2, 0) is 14.3 Å². The van der Waals surface area contributed by atoms with E-state index >= 15 is 0 Å². The monoisotopic (exact) mass is 347 g/mol. The molecule has 4 nitrogen and oxygen atoms in total. The molecule has 0 aromatic heterocycles. The van der Waals surface area contributed by atoms with Crippen molar-refractivity contribution in [3.8, 4) is 0 Å². The molecule has 0 aliphatic rings. The summed E-state index contributed by atoms with van der Waals surface area (Å²) in [7, 11) is 0. The molecule has 122 valence electrons. The molecule has 22 heavy (non-hydrogen) atoms. The Hall–Kier alpha value is -1.27. The van der Waals surface area contributed by atoms with E-state index in [1.807, 2.05) is 13.8 Å². The minimum atomic E-state index is -0.625. The normalized spacial score (nSPS) is 12.1. The first-order valence-electron chi connectivity index (χ1n) is 6.80. The Kier molecular flexibility index (Phi) is 7.16. The van der Waals surface area contributed by atoms with Gasteiger partial charge in [-0.05, 0) is 25.0 Å². The molecule has 0 spiro atoms. The number of hydrogen-bond acceptors (Lipinski definition) is 4. The van der Waals surface area contributed by atoms with Gasteiger partial charge in [0, 0.05) is 11.8 Å². The first kappa shape index (κ1) is 18.8. The molecule has 0 aliphatic heterocycles. The van der Waals surface area contributed by atoms with E-state index in [-0.39, 0.29) is 28.5 Å². The lowest BCUT2D eigenvalue weighted by atomic mass is 10.2. The van der Waals surface area contributed by atoms with E-state index in [1.165, 1.54) is 13.0 Å². The van der Waals surface area contributed by atoms with Crippen molar-refractivity contribution in [2.24, 2.45) is 5.92 Å². The fourth-order valence-electron chi connectivity index (χ4n) is 1.51. The predicted molar refractivity (Wildman–Crippen MR) is 86.8 cm³/mol. The maximum absolute atomic E-state index is 13.7. The fraction of sp³-hybridized carbons (Fsp3) is 0.467. The number of benzene rings is 1. The van der Waals surface area contributed by atoms with Crippen LogP contribution in [0.3, 0.4) is 0 Å². The second-order valence-corrected chi connectivity index (χ2v) is 7.02. The standard InChI is InChI=1S/C15H19ClFNO3S/c1-8(2)7-21-15(20)9(3)22-14-6-13(18-10(4)19)12(17)5-11(14)16/h5-6,8-9H,7H2,1-4H3,(H,18,19). The lowest BCUT2D eigenvalue weighted by Crippen LogP contribution is -2.19. The zero-order valence-electron chi connectivity index (χ0n) is 12.9. The third kappa shape index (κ3) is 5.85. The maximum Gasteiger partial charge on any atom is 0.319 e. The summed E-state index contributed by atoms with van der Waals surface area (Å²) in [6.07, 6.45) is 0. The van der Waals surface area contributed by atoms with Crippen LogP contribution >= 0.6 is 23.4 Å². The summed E-state index contributed by atoms with van der Waals surface area (Å²) in [6, 6.07) is 2.53. The van der Waals surface area contributed by atoms with E-state index in [4.69, 9.17) is 16.3 Å². The summed E-state index contributed by atoms with van der Waals surface area (Å²) in [5.41, 5.74) is 0.0298. The average Bonchev–Trinajstić information content (AvgIpc) is 2.40. The molecule has 0 fully saturated rings. The molecule has 1 N–H and O–H groups in total. The molecule has 1 aromatic carbocycles. The Balaban J connectivity index is 2.83. The molecule has 0 radical (unpaired) electrons. The smallest absolute Gasteiger partial charge is 0.319 e. The summed E-state index contributed by atoms with van der Waals surface area (Å²) < 4.78 is 18.8. The summed E-state index contributed by atoms with van der Waals surface area (Å²) in [4.78, 5) is 23.4. The van der Waals surface area contributed by atoms with Crippen LogP contribution in [0.25, 0.3) is 0 Å². The van der Waals surface area contributed by atoms with Crippen molar-refractivity contribution in [2.75, 3.05) is 11.9 Å². The minimum absolute atomic E-state index is 0.0298. The molecule has 7 heteroatoms. The quantitative estimate of drug-likeness (QED) is 0.621. The SMILES string of the molecule is CC(=O)Nc1cc(SC(C)C(=O)OCC(C)C)c(Cl)cc1F. The van der Waals surface area contributed by atoms with Gasteiger partial charge in [0.25, 0.3) is 0 Å². The fourth-order valence-corrected chi connectivity index (χ4v) is 2.70. The Morgan fingerprint density at radius 3 is 2.55 bits per heavy atom. The predicted octanol–water partition coefficient (Wildman–Crippen LogP) is 4.12. The van der Waals surface area contributed by atoms with Gasteiger partial charge >= 0.3 is 5.97 Å². The highest BCUT2D eigenvalue weighted by Gasteiger charge is 2.19. The third-order valence-electron chi connectivity index (χ3n) is 2.53. The van der Waals surface area contributed by atoms with Crippen LogP contribution in [0.2, 0.25) is 5.02 Å². The van der Waals surface area contributed by atoms with Crippen molar-refractivity contribution in [3.05, 3.63) is 23.0 Å². The molecule has 1 aromatic rings. The van der Waals surface area contributed by atoms with Crippen molar-refractivity contribution >= 4 is 40.9 Å². The number of thioether (sulfide) groups is 1. The van der Waals surface area contributed by atoms with E-state index in [0.717, 1.165) is 17.8 Å². The summed E-state index contributed by atoms with van der Waals surface area (Å²) in [5, 5.41) is 2.07. The second kappa shape index (κ2) is 8.39. The number of ether oxygens (including phenoxy) is 1. The molecule has 0 saturated carbocycles. The number of halogens is 2. The number of esters is 1. The Morgan fingerprint density at radius 1 is 1.36 bits per heavy atom. The Morgan fingerprint density at radius 2 is 2.00 bits per heavy atom. The molecular weight excluding hydrogens is 329 g/mol. The van der Waals surface area contributed by atoms with Gasteiger partial charge in [-0.3, -0.25) is 9.59 Å². The van der Waals surface area contributed by atoms with Gasteiger partial charge in [0.2, 0.25) is 5.91 Å². The lowest BCUT2D eigenvalue weighted by molar-refractivity contribution is -0.143. The van der Waals surface area contributed by atoms with Crippen molar-refractivity contribution in [1.29, 1.82) is 0 Å². The molecule has 0 bridgehead atoms. The number of hydrogen-bond donors (Lipinski definition) is 1. The number of nitrogens with one attached hydrogen (secondary N) is 1. The molecule has 0 heterocycles. The highest BCUT2D eigenvalue weighted by atomic mass is 35.5. The average molecular weight is 348 g/mol. The number of anilines is 1. The zero-order chi connectivity index (χ0) is 16.9. The molecule has 1 amide bonds. The number of rotatable bonds is 6. The van der Waals surface area contributed by atoms with Gasteiger partial charge in [0.1, 0.15) is 11.1 Å². The van der Waals surface area contributed by atoms with E-state index in [9.17, 15) is 14.0 Å². The number of carbonyl (C=O) groups excluding carboxylic acids is 2. The number of carbonyl (C=O) groups is 2. The van der Waals surface area contributed by atoms with E-state index < -0.39 is 11.1 Å². The summed E-state index contributed by atoms with van der Waals surface area (Å²) in [6.45, 7) is 7.21. The Bertz CT molecular complexity index is 566. The lowest BCUT2D eigenvalue weighted by Gasteiger charge is -2.14. The van der Waals surface area contributed by atoms with Gasteiger partial charge in [-0.15, -0.1) is 11.8 Å². The van der Waals surface area contributed by atoms with Gasteiger partial charge < -0.3 is 10.1 Å². The minimum Gasteiger partial charge on any atom is -0.465 e. The highest BCUT2D eigenvalue weighted by molar-refractivity contribution is 8.00. The third-order valence-corrected chi connectivity index (χ3v) is 4.09. The molecule has 0 aliphatic carbocycles. The van der Waals surface area contributed by atoms with Gasteiger partial charge in [-0.2, -0.15) is 0 Å². The van der Waals surface area contributed by atoms with Crippen LogP contribution in [-0.4, -0.2) is 23.7 Å². The van der Waals surface area contributed by atoms with Gasteiger partial charge in [0.15, 0.2) is 0 Å². The maximum atomic E-state index is 13.7. The molecule has 1 unspecified atom stereocenters. The number of amides is 1. The Labute approximate surface area is 138 Å². The second-order valence-electron chi connectivity index (χ2n) is 5.23. The topological polar surface area (TPSA) is 55.4 Å².